The fourth-order valence-electron chi connectivity index (χ4n) is 5.89. The van der Waals surface area contributed by atoms with Crippen LogP contribution in [0.3, 0.4) is 0 Å². The van der Waals surface area contributed by atoms with Crippen molar-refractivity contribution in [1.29, 1.82) is 0 Å². The van der Waals surface area contributed by atoms with Crippen molar-refractivity contribution in [2.24, 2.45) is 16.7 Å². The number of hydrogen-bond donors (Lipinski definition) is 0. The van der Waals surface area contributed by atoms with E-state index in [0.29, 0.717) is 16.9 Å². The van der Waals surface area contributed by atoms with Gasteiger partial charge in [0.1, 0.15) is 0 Å². The van der Waals surface area contributed by atoms with Crippen LogP contribution in [-0.2, 0) is 9.47 Å². The third kappa shape index (κ3) is 2.74. The molecular formula is C19H33NO2. The highest BCUT2D eigenvalue weighted by Crippen LogP contribution is 2.66. The highest BCUT2D eigenvalue weighted by atomic mass is 16.7. The van der Waals surface area contributed by atoms with E-state index in [1.54, 1.807) is 0 Å². The molecule has 126 valence electrons. The van der Waals surface area contributed by atoms with Crippen LogP contribution in [0.15, 0.2) is 0 Å². The van der Waals surface area contributed by atoms with Crippen molar-refractivity contribution in [1.82, 2.24) is 4.90 Å². The maximum atomic E-state index is 6.30. The van der Waals surface area contributed by atoms with Crippen LogP contribution in [0.1, 0.15) is 65.2 Å². The van der Waals surface area contributed by atoms with E-state index in [4.69, 9.17) is 9.47 Å². The van der Waals surface area contributed by atoms with Crippen LogP contribution >= 0.6 is 0 Å². The zero-order chi connectivity index (χ0) is 15.2. The molecule has 0 unspecified atom stereocenters. The van der Waals surface area contributed by atoms with Crippen LogP contribution in [0.25, 0.3) is 0 Å². The predicted molar refractivity (Wildman–Crippen MR) is 87.7 cm³/mol. The van der Waals surface area contributed by atoms with E-state index >= 15 is 0 Å². The number of fused-ring (bicyclic) bond motifs is 2. The van der Waals surface area contributed by atoms with Gasteiger partial charge in [-0.1, -0.05) is 20.3 Å². The molecule has 2 aliphatic carbocycles. The van der Waals surface area contributed by atoms with E-state index in [0.717, 1.165) is 25.5 Å². The molecule has 0 aromatic carbocycles. The van der Waals surface area contributed by atoms with Crippen molar-refractivity contribution >= 4 is 0 Å². The first-order valence-electron chi connectivity index (χ1n) is 9.56. The number of nitrogens with zero attached hydrogens (tertiary/aromatic N) is 1. The molecule has 0 amide bonds. The molecule has 2 saturated heterocycles. The Labute approximate surface area is 135 Å². The molecule has 4 fully saturated rings. The van der Waals surface area contributed by atoms with Gasteiger partial charge in [-0.05, 0) is 68.4 Å². The zero-order valence-electron chi connectivity index (χ0n) is 14.5. The highest BCUT2D eigenvalue weighted by molar-refractivity contribution is 5.06. The maximum absolute atomic E-state index is 6.30. The summed E-state index contributed by atoms with van der Waals surface area (Å²) >= 11 is 0. The number of hydrogen-bond acceptors (Lipinski definition) is 3. The van der Waals surface area contributed by atoms with Gasteiger partial charge in [-0.25, -0.2) is 0 Å². The van der Waals surface area contributed by atoms with Gasteiger partial charge in [0.15, 0.2) is 6.29 Å². The second-order valence-electron chi connectivity index (χ2n) is 9.06. The molecule has 0 aromatic rings. The second kappa shape index (κ2) is 5.75. The Morgan fingerprint density at radius 2 is 1.91 bits per heavy atom. The molecule has 2 heterocycles. The lowest BCUT2D eigenvalue weighted by molar-refractivity contribution is -0.105. The Morgan fingerprint density at radius 3 is 2.59 bits per heavy atom. The van der Waals surface area contributed by atoms with Crippen molar-refractivity contribution < 1.29 is 9.47 Å². The lowest BCUT2D eigenvalue weighted by atomic mass is 9.63. The SMILES string of the molecule is CC1(C)C[C@@H]2CC[C@]1(C[C@H]1OC[C@@H](CN3CCCCC3)O1)C2. The van der Waals surface area contributed by atoms with Crippen molar-refractivity contribution in [3.63, 3.8) is 0 Å². The summed E-state index contributed by atoms with van der Waals surface area (Å²) < 4.78 is 12.4. The van der Waals surface area contributed by atoms with Gasteiger partial charge in [-0.15, -0.1) is 0 Å². The standard InChI is InChI=1S/C19H33NO2/c1-18(2)10-15-6-7-19(18,11-15)12-17-21-14-16(22-17)13-20-8-4-3-5-9-20/h15-17H,3-14H2,1-2H3/t15-,16+,17-,19+/m0/s1. The second-order valence-corrected chi connectivity index (χ2v) is 9.06. The average Bonchev–Trinajstić information content (AvgIpc) is 3.14. The van der Waals surface area contributed by atoms with Gasteiger partial charge >= 0.3 is 0 Å². The van der Waals surface area contributed by atoms with Gasteiger partial charge in [0, 0.05) is 13.0 Å². The topological polar surface area (TPSA) is 21.7 Å². The first-order valence-corrected chi connectivity index (χ1v) is 9.56. The molecule has 2 saturated carbocycles. The molecule has 2 aliphatic heterocycles. The summed E-state index contributed by atoms with van der Waals surface area (Å²) in [6.07, 6.45) is 11.3. The highest BCUT2D eigenvalue weighted by Gasteiger charge is 2.57. The smallest absolute Gasteiger partial charge is 0.158 e. The van der Waals surface area contributed by atoms with Crippen LogP contribution in [0.4, 0.5) is 0 Å². The Balaban J connectivity index is 1.31. The molecule has 4 atom stereocenters. The monoisotopic (exact) mass is 307 g/mol. The van der Waals surface area contributed by atoms with Crippen molar-refractivity contribution in [2.45, 2.75) is 77.6 Å². The fourth-order valence-corrected chi connectivity index (χ4v) is 5.89. The molecule has 4 aliphatic rings. The van der Waals surface area contributed by atoms with E-state index in [1.165, 1.54) is 58.0 Å². The summed E-state index contributed by atoms with van der Waals surface area (Å²) in [7, 11) is 0. The van der Waals surface area contributed by atoms with Crippen LogP contribution in [0.2, 0.25) is 0 Å². The maximum Gasteiger partial charge on any atom is 0.158 e. The van der Waals surface area contributed by atoms with Crippen molar-refractivity contribution in [3.8, 4) is 0 Å². The molecule has 0 aromatic heterocycles. The van der Waals surface area contributed by atoms with Gasteiger partial charge < -0.3 is 14.4 Å². The summed E-state index contributed by atoms with van der Waals surface area (Å²) in [6.45, 7) is 9.35. The van der Waals surface area contributed by atoms with E-state index in [-0.39, 0.29) is 6.29 Å². The Bertz CT molecular complexity index is 404. The minimum absolute atomic E-state index is 0.0610. The third-order valence-electron chi connectivity index (χ3n) is 7.23. The predicted octanol–water partition coefficient (Wildman–Crippen LogP) is 3.82. The van der Waals surface area contributed by atoms with Gasteiger partial charge in [0.05, 0.1) is 12.7 Å². The summed E-state index contributed by atoms with van der Waals surface area (Å²) in [6, 6.07) is 0. The average molecular weight is 307 g/mol. The van der Waals surface area contributed by atoms with Gasteiger partial charge in [0.25, 0.3) is 0 Å². The Morgan fingerprint density at radius 1 is 1.09 bits per heavy atom. The Hall–Kier alpha value is -0.120. The van der Waals surface area contributed by atoms with Crippen molar-refractivity contribution in [3.05, 3.63) is 0 Å². The van der Waals surface area contributed by atoms with Crippen LogP contribution in [0.5, 0.6) is 0 Å². The van der Waals surface area contributed by atoms with Crippen molar-refractivity contribution in [2.75, 3.05) is 26.2 Å². The molecular weight excluding hydrogens is 274 g/mol. The van der Waals surface area contributed by atoms with E-state index in [2.05, 4.69) is 18.7 Å². The van der Waals surface area contributed by atoms with E-state index in [1.807, 2.05) is 0 Å². The first-order chi connectivity index (χ1) is 10.6. The summed E-state index contributed by atoms with van der Waals surface area (Å²) in [5.41, 5.74) is 0.968. The molecule has 22 heavy (non-hydrogen) atoms. The lowest BCUT2D eigenvalue weighted by Crippen LogP contribution is -2.38. The molecule has 4 rings (SSSR count). The van der Waals surface area contributed by atoms with E-state index < -0.39 is 0 Å². The minimum Gasteiger partial charge on any atom is -0.350 e. The molecule has 0 spiro atoms. The number of rotatable bonds is 4. The molecule has 3 nitrogen and oxygen atoms in total. The number of piperidine rings is 1. The Kier molecular flexibility index (Phi) is 4.03. The molecule has 0 N–H and O–H groups in total. The number of likely N-dealkylation sites (tertiary alicyclic amines) is 1. The van der Waals surface area contributed by atoms with Crippen LogP contribution in [0, 0.1) is 16.7 Å². The normalized spacial score (nSPS) is 44.7. The quantitative estimate of drug-likeness (QED) is 0.788. The minimum atomic E-state index is 0.0610. The molecule has 2 bridgehead atoms. The third-order valence-corrected chi connectivity index (χ3v) is 7.23. The number of ether oxygens (including phenoxy) is 2. The largest absolute Gasteiger partial charge is 0.350 e. The van der Waals surface area contributed by atoms with Crippen LogP contribution in [-0.4, -0.2) is 43.5 Å². The molecule has 0 radical (unpaired) electrons. The summed E-state index contributed by atoms with van der Waals surface area (Å²) in [5.74, 6) is 0.973. The van der Waals surface area contributed by atoms with Crippen LogP contribution < -0.4 is 0 Å². The molecule has 3 heteroatoms. The summed E-state index contributed by atoms with van der Waals surface area (Å²) in [4.78, 5) is 2.57. The van der Waals surface area contributed by atoms with Gasteiger partial charge in [0.2, 0.25) is 0 Å². The fraction of sp³-hybridized carbons (Fsp3) is 1.00. The first kappa shape index (κ1) is 15.4. The van der Waals surface area contributed by atoms with E-state index in [9.17, 15) is 0 Å². The van der Waals surface area contributed by atoms with Gasteiger partial charge in [-0.3, -0.25) is 0 Å². The lowest BCUT2D eigenvalue weighted by Gasteiger charge is -2.43. The zero-order valence-corrected chi connectivity index (χ0v) is 14.5. The van der Waals surface area contributed by atoms with Gasteiger partial charge in [-0.2, -0.15) is 0 Å². The summed E-state index contributed by atoms with van der Waals surface area (Å²) in [5, 5.41) is 0.